The molecule has 1 amide bonds. The number of benzene rings is 2. The Morgan fingerprint density at radius 1 is 1.14 bits per heavy atom. The molecule has 1 aliphatic rings. The average molecular weight is 374 g/mol. The molecule has 0 spiro atoms. The van der Waals surface area contributed by atoms with E-state index in [-0.39, 0.29) is 23.8 Å². The molecule has 0 aliphatic carbocycles. The first kappa shape index (κ1) is 18.4. The normalized spacial score (nSPS) is 20.0. The summed E-state index contributed by atoms with van der Waals surface area (Å²) >= 11 is 0. The Morgan fingerprint density at radius 3 is 2.54 bits per heavy atom. The van der Waals surface area contributed by atoms with Crippen LogP contribution in [0.1, 0.15) is 28.7 Å². The fourth-order valence-corrected chi connectivity index (χ4v) is 4.00. The number of hydrogen-bond donors (Lipinski definition) is 2. The van der Waals surface area contributed by atoms with Gasteiger partial charge in [-0.2, -0.15) is 5.10 Å². The van der Waals surface area contributed by atoms with Gasteiger partial charge in [0.1, 0.15) is 0 Å². The molecule has 1 aliphatic heterocycles. The van der Waals surface area contributed by atoms with Gasteiger partial charge in [-0.1, -0.05) is 60.7 Å². The lowest BCUT2D eigenvalue weighted by molar-refractivity contribution is -0.125. The van der Waals surface area contributed by atoms with E-state index in [0.29, 0.717) is 6.54 Å². The quantitative estimate of drug-likeness (QED) is 0.698. The van der Waals surface area contributed by atoms with Crippen LogP contribution in [0, 0.1) is 5.92 Å². The van der Waals surface area contributed by atoms with Gasteiger partial charge in [0.05, 0.1) is 18.2 Å². The van der Waals surface area contributed by atoms with Crippen LogP contribution in [0.4, 0.5) is 0 Å². The van der Waals surface area contributed by atoms with Crippen molar-refractivity contribution in [2.75, 3.05) is 13.1 Å². The maximum absolute atomic E-state index is 13.2. The fraction of sp³-hybridized carbons (Fsp3) is 0.304. The van der Waals surface area contributed by atoms with Gasteiger partial charge < -0.3 is 10.6 Å². The van der Waals surface area contributed by atoms with Crippen LogP contribution in [-0.2, 0) is 18.3 Å². The molecule has 28 heavy (non-hydrogen) atoms. The molecule has 1 aromatic heterocycles. The summed E-state index contributed by atoms with van der Waals surface area (Å²) < 4.78 is 1.80. The second kappa shape index (κ2) is 8.40. The van der Waals surface area contributed by atoms with Gasteiger partial charge in [-0.3, -0.25) is 9.48 Å². The highest BCUT2D eigenvalue weighted by Gasteiger charge is 2.35. The summed E-state index contributed by atoms with van der Waals surface area (Å²) in [5.74, 6) is 0.164. The molecule has 0 bridgehead atoms. The van der Waals surface area contributed by atoms with Crippen LogP contribution >= 0.6 is 0 Å². The lowest BCUT2D eigenvalue weighted by Crippen LogP contribution is -2.37. The zero-order valence-corrected chi connectivity index (χ0v) is 16.1. The number of hydrogen-bond acceptors (Lipinski definition) is 3. The smallest absolute Gasteiger partial charge is 0.225 e. The summed E-state index contributed by atoms with van der Waals surface area (Å²) in [4.78, 5) is 13.2. The Kier molecular flexibility index (Phi) is 5.53. The number of carbonyl (C=O) groups is 1. The topological polar surface area (TPSA) is 59.0 Å². The van der Waals surface area contributed by atoms with E-state index in [1.165, 1.54) is 5.56 Å². The van der Waals surface area contributed by atoms with Gasteiger partial charge in [-0.05, 0) is 23.1 Å². The second-order valence-corrected chi connectivity index (χ2v) is 7.48. The molecule has 5 heteroatoms. The van der Waals surface area contributed by atoms with Gasteiger partial charge in [0.15, 0.2) is 0 Å². The van der Waals surface area contributed by atoms with Crippen molar-refractivity contribution in [3.05, 3.63) is 89.7 Å². The summed E-state index contributed by atoms with van der Waals surface area (Å²) in [5, 5.41) is 11.0. The molecule has 1 fully saturated rings. The zero-order chi connectivity index (χ0) is 19.3. The Bertz CT molecular complexity index is 907. The summed E-state index contributed by atoms with van der Waals surface area (Å²) in [5.41, 5.74) is 3.46. The van der Waals surface area contributed by atoms with Crippen LogP contribution in [0.2, 0.25) is 0 Å². The number of aryl methyl sites for hydroxylation is 1. The van der Waals surface area contributed by atoms with E-state index in [2.05, 4.69) is 40.0 Å². The predicted molar refractivity (Wildman–Crippen MR) is 110 cm³/mol. The van der Waals surface area contributed by atoms with Gasteiger partial charge in [-0.15, -0.1) is 0 Å². The average Bonchev–Trinajstić information content (AvgIpc) is 3.38. The number of nitrogens with zero attached hydrogens (tertiary/aromatic N) is 2. The van der Waals surface area contributed by atoms with E-state index >= 15 is 0 Å². The third-order valence-electron chi connectivity index (χ3n) is 5.51. The van der Waals surface area contributed by atoms with Crippen LogP contribution in [0.5, 0.6) is 0 Å². The number of aromatic nitrogens is 2. The van der Waals surface area contributed by atoms with Crippen molar-refractivity contribution in [3.63, 3.8) is 0 Å². The molecule has 1 unspecified atom stereocenters. The molecule has 3 atom stereocenters. The van der Waals surface area contributed by atoms with Crippen molar-refractivity contribution in [1.82, 2.24) is 20.4 Å². The minimum atomic E-state index is -0.0915. The molecule has 0 saturated carbocycles. The molecule has 144 valence electrons. The summed E-state index contributed by atoms with van der Waals surface area (Å²) in [6, 6.07) is 20.5. The number of carbonyl (C=O) groups excluding carboxylic acids is 1. The fourth-order valence-electron chi connectivity index (χ4n) is 4.00. The van der Waals surface area contributed by atoms with Crippen LogP contribution in [-0.4, -0.2) is 28.8 Å². The Morgan fingerprint density at radius 2 is 1.86 bits per heavy atom. The first-order valence-electron chi connectivity index (χ1n) is 9.79. The summed E-state index contributed by atoms with van der Waals surface area (Å²) in [6.07, 6.45) is 4.65. The molecular formula is C23H26N4O. The third kappa shape index (κ3) is 4.15. The summed E-state index contributed by atoms with van der Waals surface area (Å²) in [6.45, 7) is 1.50. The Balaban J connectivity index is 1.53. The number of nitrogens with one attached hydrogen (secondary N) is 2. The molecular weight excluding hydrogens is 348 g/mol. The first-order valence-corrected chi connectivity index (χ1v) is 9.79. The second-order valence-electron chi connectivity index (χ2n) is 7.48. The molecule has 0 radical (unpaired) electrons. The standard InChI is InChI=1S/C23H26N4O/c1-27-16-19(13-25-27)20-14-24-15-21(20)23(28)26-22(18-10-6-3-7-11-18)12-17-8-4-2-5-9-17/h2-11,13,16,20-22,24H,12,14-15H2,1H3,(H,26,28)/t20-,21+,22?/m1/s1. The largest absolute Gasteiger partial charge is 0.349 e. The van der Waals surface area contributed by atoms with Crippen molar-refractivity contribution in [2.45, 2.75) is 18.4 Å². The first-order chi connectivity index (χ1) is 13.7. The van der Waals surface area contributed by atoms with Crippen LogP contribution in [0.15, 0.2) is 73.1 Å². The monoisotopic (exact) mass is 374 g/mol. The van der Waals surface area contributed by atoms with Crippen LogP contribution in [0.25, 0.3) is 0 Å². The molecule has 1 saturated heterocycles. The highest BCUT2D eigenvalue weighted by molar-refractivity contribution is 5.81. The lowest BCUT2D eigenvalue weighted by Gasteiger charge is -2.24. The summed E-state index contributed by atoms with van der Waals surface area (Å²) in [7, 11) is 1.91. The maximum Gasteiger partial charge on any atom is 0.225 e. The molecule has 4 rings (SSSR count). The van der Waals surface area contributed by atoms with Gasteiger partial charge >= 0.3 is 0 Å². The van der Waals surface area contributed by atoms with Crippen molar-refractivity contribution in [1.29, 1.82) is 0 Å². The van der Waals surface area contributed by atoms with Crippen molar-refractivity contribution < 1.29 is 4.79 Å². The Hall–Kier alpha value is -2.92. The van der Waals surface area contributed by atoms with Gasteiger partial charge in [0.2, 0.25) is 5.91 Å². The Labute approximate surface area is 165 Å². The van der Waals surface area contributed by atoms with E-state index < -0.39 is 0 Å². The predicted octanol–water partition coefficient (Wildman–Crippen LogP) is 2.82. The van der Waals surface area contributed by atoms with Crippen LogP contribution < -0.4 is 10.6 Å². The highest BCUT2D eigenvalue weighted by Crippen LogP contribution is 2.29. The van der Waals surface area contributed by atoms with E-state index in [1.54, 1.807) is 4.68 Å². The molecule has 2 aromatic carbocycles. The van der Waals surface area contributed by atoms with E-state index in [1.807, 2.05) is 55.8 Å². The van der Waals surface area contributed by atoms with Gasteiger partial charge in [0.25, 0.3) is 0 Å². The molecule has 2 heterocycles. The minimum Gasteiger partial charge on any atom is -0.349 e. The minimum absolute atomic E-state index is 0.0498. The van der Waals surface area contributed by atoms with Gasteiger partial charge in [0, 0.05) is 32.3 Å². The van der Waals surface area contributed by atoms with E-state index in [9.17, 15) is 4.79 Å². The molecule has 5 nitrogen and oxygen atoms in total. The van der Waals surface area contributed by atoms with Crippen molar-refractivity contribution in [3.8, 4) is 0 Å². The number of amides is 1. The van der Waals surface area contributed by atoms with E-state index in [0.717, 1.165) is 24.1 Å². The highest BCUT2D eigenvalue weighted by atomic mass is 16.2. The van der Waals surface area contributed by atoms with Crippen molar-refractivity contribution >= 4 is 5.91 Å². The van der Waals surface area contributed by atoms with E-state index in [4.69, 9.17) is 0 Å². The maximum atomic E-state index is 13.2. The number of rotatable bonds is 6. The lowest BCUT2D eigenvalue weighted by atomic mass is 9.89. The van der Waals surface area contributed by atoms with Crippen molar-refractivity contribution in [2.24, 2.45) is 13.0 Å². The van der Waals surface area contributed by atoms with Crippen LogP contribution in [0.3, 0.4) is 0 Å². The molecule has 3 aromatic rings. The van der Waals surface area contributed by atoms with Gasteiger partial charge in [-0.25, -0.2) is 0 Å². The zero-order valence-electron chi connectivity index (χ0n) is 16.1. The third-order valence-corrected chi connectivity index (χ3v) is 5.51. The molecule has 2 N–H and O–H groups in total. The SMILES string of the molecule is Cn1cc([C@H]2CNC[C@@H]2C(=O)NC(Cc2ccccc2)c2ccccc2)cn1.